The van der Waals surface area contributed by atoms with E-state index in [4.69, 9.17) is 10.5 Å². The SMILES string of the molecule is CC(=O)Oc1c(N)c2ccccc2c2ccccc12. The van der Waals surface area contributed by atoms with Gasteiger partial charge in [0.1, 0.15) is 0 Å². The summed E-state index contributed by atoms with van der Waals surface area (Å²) in [6, 6.07) is 15.6. The molecule has 3 heteroatoms. The highest BCUT2D eigenvalue weighted by Crippen LogP contribution is 2.39. The molecule has 0 fully saturated rings. The number of ether oxygens (including phenoxy) is 1. The Labute approximate surface area is 110 Å². The molecule has 0 spiro atoms. The number of rotatable bonds is 1. The predicted octanol–water partition coefficient (Wildman–Crippen LogP) is 3.50. The van der Waals surface area contributed by atoms with E-state index in [1.807, 2.05) is 48.5 Å². The molecule has 0 aliphatic rings. The quantitative estimate of drug-likeness (QED) is 0.312. The second-order valence-corrected chi connectivity index (χ2v) is 4.43. The Balaban J connectivity index is 2.51. The number of benzene rings is 3. The minimum atomic E-state index is -0.368. The maximum absolute atomic E-state index is 11.3. The summed E-state index contributed by atoms with van der Waals surface area (Å²) in [6.07, 6.45) is 0. The molecule has 94 valence electrons. The van der Waals surface area contributed by atoms with Crippen molar-refractivity contribution in [2.24, 2.45) is 0 Å². The van der Waals surface area contributed by atoms with Crippen LogP contribution in [0, 0.1) is 0 Å². The Morgan fingerprint density at radius 3 is 1.95 bits per heavy atom. The van der Waals surface area contributed by atoms with Crippen LogP contribution in [-0.2, 0) is 4.79 Å². The second-order valence-electron chi connectivity index (χ2n) is 4.43. The normalized spacial score (nSPS) is 10.8. The summed E-state index contributed by atoms with van der Waals surface area (Å²) in [7, 11) is 0. The molecule has 3 aromatic rings. The van der Waals surface area contributed by atoms with Crippen molar-refractivity contribution in [2.75, 3.05) is 5.73 Å². The van der Waals surface area contributed by atoms with Crippen molar-refractivity contribution >= 4 is 33.2 Å². The molecule has 3 rings (SSSR count). The second kappa shape index (κ2) is 4.28. The molecule has 3 aromatic carbocycles. The average molecular weight is 251 g/mol. The number of nitrogen functional groups attached to an aromatic ring is 1. The fourth-order valence-corrected chi connectivity index (χ4v) is 2.39. The van der Waals surface area contributed by atoms with Crippen LogP contribution in [0.25, 0.3) is 21.5 Å². The van der Waals surface area contributed by atoms with Gasteiger partial charge >= 0.3 is 5.97 Å². The van der Waals surface area contributed by atoms with Gasteiger partial charge in [-0.3, -0.25) is 4.79 Å². The first kappa shape index (κ1) is 11.5. The van der Waals surface area contributed by atoms with Gasteiger partial charge in [-0.05, 0) is 10.8 Å². The average Bonchev–Trinajstić information content (AvgIpc) is 2.43. The molecule has 0 amide bonds. The molecule has 0 radical (unpaired) electrons. The number of esters is 1. The Morgan fingerprint density at radius 2 is 1.37 bits per heavy atom. The molecule has 0 aliphatic heterocycles. The fourth-order valence-electron chi connectivity index (χ4n) is 2.39. The monoisotopic (exact) mass is 251 g/mol. The van der Waals surface area contributed by atoms with E-state index in [0.717, 1.165) is 21.5 Å². The van der Waals surface area contributed by atoms with Gasteiger partial charge in [-0.1, -0.05) is 48.5 Å². The minimum absolute atomic E-state index is 0.368. The van der Waals surface area contributed by atoms with E-state index in [1.54, 1.807) is 0 Å². The van der Waals surface area contributed by atoms with Crippen LogP contribution in [0.5, 0.6) is 5.75 Å². The standard InChI is InChI=1S/C16H13NO2/c1-10(18)19-16-14-9-5-3-7-12(14)11-6-2-4-8-13(11)15(16)17/h2-9H,17H2,1H3. The molecule has 0 aliphatic carbocycles. The maximum atomic E-state index is 11.3. The zero-order valence-corrected chi connectivity index (χ0v) is 10.5. The number of nitrogens with two attached hydrogens (primary N) is 1. The molecule has 0 saturated carbocycles. The lowest BCUT2D eigenvalue weighted by Gasteiger charge is -2.13. The van der Waals surface area contributed by atoms with Crippen LogP contribution in [0.3, 0.4) is 0 Å². The highest BCUT2D eigenvalue weighted by molar-refractivity contribution is 6.16. The Bertz CT molecular complexity index is 793. The molecule has 19 heavy (non-hydrogen) atoms. The van der Waals surface area contributed by atoms with Crippen molar-refractivity contribution in [3.05, 3.63) is 48.5 Å². The van der Waals surface area contributed by atoms with Gasteiger partial charge in [-0.15, -0.1) is 0 Å². The maximum Gasteiger partial charge on any atom is 0.308 e. The van der Waals surface area contributed by atoms with Crippen LogP contribution in [-0.4, -0.2) is 5.97 Å². The first-order valence-electron chi connectivity index (χ1n) is 6.06. The van der Waals surface area contributed by atoms with E-state index >= 15 is 0 Å². The van der Waals surface area contributed by atoms with Gasteiger partial charge in [0.15, 0.2) is 5.75 Å². The van der Waals surface area contributed by atoms with Crippen LogP contribution < -0.4 is 10.5 Å². The van der Waals surface area contributed by atoms with Crippen LogP contribution in [0.4, 0.5) is 5.69 Å². The first-order chi connectivity index (χ1) is 9.18. The fraction of sp³-hybridized carbons (Fsp3) is 0.0625. The molecule has 3 nitrogen and oxygen atoms in total. The van der Waals surface area contributed by atoms with Crippen molar-refractivity contribution in [2.45, 2.75) is 6.92 Å². The summed E-state index contributed by atoms with van der Waals surface area (Å²) in [6.45, 7) is 1.38. The highest BCUT2D eigenvalue weighted by atomic mass is 16.5. The van der Waals surface area contributed by atoms with Crippen molar-refractivity contribution in [3.8, 4) is 5.75 Å². The van der Waals surface area contributed by atoms with Crippen LogP contribution in [0.2, 0.25) is 0 Å². The Kier molecular flexibility index (Phi) is 2.60. The minimum Gasteiger partial charge on any atom is -0.424 e. The first-order valence-corrected chi connectivity index (χ1v) is 6.06. The zero-order valence-electron chi connectivity index (χ0n) is 10.5. The van der Waals surface area contributed by atoms with Gasteiger partial charge in [0.25, 0.3) is 0 Å². The largest absolute Gasteiger partial charge is 0.424 e. The highest BCUT2D eigenvalue weighted by Gasteiger charge is 2.14. The van der Waals surface area contributed by atoms with Crippen LogP contribution >= 0.6 is 0 Å². The molecule has 0 unspecified atom stereocenters. The van der Waals surface area contributed by atoms with E-state index in [2.05, 4.69) is 0 Å². The van der Waals surface area contributed by atoms with Gasteiger partial charge in [0.05, 0.1) is 5.69 Å². The summed E-state index contributed by atoms with van der Waals surface area (Å²) in [5.74, 6) is 0.0777. The number of hydrogen-bond acceptors (Lipinski definition) is 3. The van der Waals surface area contributed by atoms with Gasteiger partial charge in [-0.25, -0.2) is 0 Å². The molecule has 0 bridgehead atoms. The molecular formula is C16H13NO2. The summed E-state index contributed by atoms with van der Waals surface area (Å²) in [5.41, 5.74) is 6.66. The van der Waals surface area contributed by atoms with Crippen LogP contribution in [0.1, 0.15) is 6.92 Å². The zero-order chi connectivity index (χ0) is 13.4. The smallest absolute Gasteiger partial charge is 0.308 e. The van der Waals surface area contributed by atoms with Gasteiger partial charge in [0, 0.05) is 17.7 Å². The third kappa shape index (κ3) is 1.80. The lowest BCUT2D eigenvalue weighted by atomic mass is 9.99. The molecule has 0 aromatic heterocycles. The van der Waals surface area contributed by atoms with E-state index in [9.17, 15) is 4.79 Å². The predicted molar refractivity (Wildman–Crippen MR) is 77.2 cm³/mol. The molecular weight excluding hydrogens is 238 g/mol. The Morgan fingerprint density at radius 1 is 0.895 bits per heavy atom. The summed E-state index contributed by atoms with van der Waals surface area (Å²) < 4.78 is 5.30. The van der Waals surface area contributed by atoms with Gasteiger partial charge < -0.3 is 10.5 Å². The number of carbonyl (C=O) groups is 1. The van der Waals surface area contributed by atoms with Crippen molar-refractivity contribution in [1.82, 2.24) is 0 Å². The molecule has 2 N–H and O–H groups in total. The van der Waals surface area contributed by atoms with Crippen LogP contribution in [0.15, 0.2) is 48.5 Å². The van der Waals surface area contributed by atoms with Gasteiger partial charge in [-0.2, -0.15) is 0 Å². The van der Waals surface area contributed by atoms with Crippen molar-refractivity contribution in [1.29, 1.82) is 0 Å². The molecule has 0 heterocycles. The third-order valence-corrected chi connectivity index (χ3v) is 3.17. The third-order valence-electron chi connectivity index (χ3n) is 3.17. The van der Waals surface area contributed by atoms with Crippen molar-refractivity contribution in [3.63, 3.8) is 0 Å². The molecule has 0 atom stereocenters. The summed E-state index contributed by atoms with van der Waals surface area (Å²) >= 11 is 0. The summed E-state index contributed by atoms with van der Waals surface area (Å²) in [5, 5.41) is 3.85. The van der Waals surface area contributed by atoms with Gasteiger partial charge in [0.2, 0.25) is 0 Å². The number of anilines is 1. The van der Waals surface area contributed by atoms with E-state index in [1.165, 1.54) is 6.92 Å². The Hall–Kier alpha value is -2.55. The molecule has 0 saturated heterocycles. The van der Waals surface area contributed by atoms with E-state index in [-0.39, 0.29) is 5.97 Å². The number of fused-ring (bicyclic) bond motifs is 3. The van der Waals surface area contributed by atoms with E-state index < -0.39 is 0 Å². The van der Waals surface area contributed by atoms with E-state index in [0.29, 0.717) is 11.4 Å². The summed E-state index contributed by atoms with van der Waals surface area (Å²) in [4.78, 5) is 11.3. The topological polar surface area (TPSA) is 52.3 Å². The van der Waals surface area contributed by atoms with Crippen molar-refractivity contribution < 1.29 is 9.53 Å². The lowest BCUT2D eigenvalue weighted by molar-refractivity contribution is -0.131. The lowest BCUT2D eigenvalue weighted by Crippen LogP contribution is -2.05. The number of carbonyl (C=O) groups excluding carboxylic acids is 1. The number of hydrogen-bond donors (Lipinski definition) is 1.